The first-order chi connectivity index (χ1) is 28.6. The van der Waals surface area contributed by atoms with Gasteiger partial charge in [-0.05, 0) is 38.5 Å². The van der Waals surface area contributed by atoms with Gasteiger partial charge in [-0.1, -0.05) is 180 Å². The quantitative estimate of drug-likeness (QED) is 0.0198. The second-order valence-corrected chi connectivity index (χ2v) is 17.8. The largest absolute Gasteiger partial charge is 0.457 e. The lowest BCUT2D eigenvalue weighted by Gasteiger charge is -2.41. The minimum atomic E-state index is -5.06. The molecule has 1 rings (SSSR count). The van der Waals surface area contributed by atoms with Crippen LogP contribution in [0.1, 0.15) is 213 Å². The molecule has 1 saturated heterocycles. The van der Waals surface area contributed by atoms with Gasteiger partial charge in [-0.2, -0.15) is 8.42 Å². The number of rotatable bonds is 42. The Morgan fingerprint density at radius 1 is 0.627 bits per heavy atom. The summed E-state index contributed by atoms with van der Waals surface area (Å²) in [4.78, 5) is 12.8. The monoisotopic (exact) mass is 865 g/mol. The average molecular weight is 865 g/mol. The van der Waals surface area contributed by atoms with Crippen molar-refractivity contribution in [3.05, 3.63) is 12.2 Å². The lowest BCUT2D eigenvalue weighted by atomic mass is 9.99. The molecule has 1 fully saturated rings. The van der Waals surface area contributed by atoms with Gasteiger partial charge < -0.3 is 34.3 Å². The van der Waals surface area contributed by atoms with Crippen molar-refractivity contribution in [2.24, 2.45) is 0 Å². The molecule has 6 atom stereocenters. The molecule has 0 amide bonds. The van der Waals surface area contributed by atoms with Crippen LogP contribution in [0.5, 0.6) is 0 Å². The van der Waals surface area contributed by atoms with Gasteiger partial charge in [-0.3, -0.25) is 9.35 Å². The number of carbonyl (C=O) groups excluding carboxylic acids is 1. The summed E-state index contributed by atoms with van der Waals surface area (Å²) in [5.74, 6) is -0.405. The van der Waals surface area contributed by atoms with Crippen LogP contribution in [0.2, 0.25) is 0 Å². The summed E-state index contributed by atoms with van der Waals surface area (Å²) in [5.41, 5.74) is 0. The fourth-order valence-electron chi connectivity index (χ4n) is 7.49. The van der Waals surface area contributed by atoms with Crippen LogP contribution in [0, 0.1) is 0 Å². The predicted molar refractivity (Wildman–Crippen MR) is 234 cm³/mol. The van der Waals surface area contributed by atoms with Crippen molar-refractivity contribution in [2.75, 3.05) is 26.4 Å². The number of hydrogen-bond donors (Lipinski definition) is 4. The number of aliphatic hydroxyl groups excluding tert-OH is 3. The van der Waals surface area contributed by atoms with E-state index in [9.17, 15) is 28.5 Å². The van der Waals surface area contributed by atoms with Crippen molar-refractivity contribution in [2.45, 2.75) is 250 Å². The fourth-order valence-corrected chi connectivity index (χ4v) is 8.00. The highest BCUT2D eigenvalue weighted by Gasteiger charge is 2.48. The normalized spacial score (nSPS) is 20.4. The number of hydrogen-bond acceptors (Lipinski definition) is 11. The maximum absolute atomic E-state index is 12.8. The topological polar surface area (TPSA) is 178 Å². The average Bonchev–Trinajstić information content (AvgIpc) is 3.20. The second-order valence-electron chi connectivity index (χ2n) is 16.7. The molecule has 12 nitrogen and oxygen atoms in total. The van der Waals surface area contributed by atoms with Gasteiger partial charge in [-0.25, -0.2) is 4.18 Å². The molecule has 0 aromatic heterocycles. The lowest BCUT2D eigenvalue weighted by molar-refractivity contribution is -0.301. The molecule has 0 saturated carbocycles. The molecular formula is C46H88O12S. The molecule has 1 aliphatic heterocycles. The van der Waals surface area contributed by atoms with Crippen LogP contribution < -0.4 is 0 Å². The number of allylic oxidation sites excluding steroid dienone is 2. The zero-order chi connectivity index (χ0) is 43.2. The molecule has 0 bridgehead atoms. The van der Waals surface area contributed by atoms with E-state index in [2.05, 4.69) is 30.2 Å². The Morgan fingerprint density at radius 2 is 1.07 bits per heavy atom. The van der Waals surface area contributed by atoms with Crippen LogP contribution >= 0.6 is 0 Å². The van der Waals surface area contributed by atoms with Crippen molar-refractivity contribution in [1.29, 1.82) is 0 Å². The Kier molecular flexibility index (Phi) is 36.5. The first-order valence-corrected chi connectivity index (χ1v) is 25.3. The Bertz CT molecular complexity index is 1090. The highest BCUT2D eigenvalue weighted by Crippen LogP contribution is 2.26. The van der Waals surface area contributed by atoms with E-state index >= 15 is 0 Å². The van der Waals surface area contributed by atoms with E-state index in [1.54, 1.807) is 0 Å². The van der Waals surface area contributed by atoms with E-state index in [0.717, 1.165) is 57.8 Å². The van der Waals surface area contributed by atoms with Gasteiger partial charge in [0.05, 0.1) is 19.8 Å². The molecule has 13 heteroatoms. The minimum absolute atomic E-state index is 0.0383. The zero-order valence-electron chi connectivity index (χ0n) is 37.3. The molecular weight excluding hydrogens is 777 g/mol. The van der Waals surface area contributed by atoms with Gasteiger partial charge in [-0.15, -0.1) is 0 Å². The van der Waals surface area contributed by atoms with Gasteiger partial charge >= 0.3 is 16.4 Å². The molecule has 4 N–H and O–H groups in total. The van der Waals surface area contributed by atoms with Crippen LogP contribution in [0.3, 0.4) is 0 Å². The second kappa shape index (κ2) is 38.5. The smallest absolute Gasteiger partial charge is 0.397 e. The number of unbranched alkanes of at least 4 members (excludes halogenated alkanes) is 27. The van der Waals surface area contributed by atoms with Gasteiger partial charge in [0, 0.05) is 13.0 Å². The summed E-state index contributed by atoms with van der Waals surface area (Å²) in [7, 11) is -5.06. The van der Waals surface area contributed by atoms with Crippen LogP contribution in [0.15, 0.2) is 12.2 Å². The van der Waals surface area contributed by atoms with Crippen molar-refractivity contribution < 1.29 is 56.2 Å². The standard InChI is InChI=1S/C46H88O12S/c1-3-5-7-9-11-13-15-17-18-19-20-21-22-23-24-26-28-30-32-34-36-54-38-40(56-42(48)35-33-31-29-27-25-16-14-12-10-8-6-4-2)39-55-46-44(50)45(58-59(51,52)53)43(49)41(37-47)57-46/h12,14,40-41,43-47,49-50H,3-11,13,15-39H2,1-2H3,(H,51,52,53)/b14-12-. The SMILES string of the molecule is CCCCC/C=C\CCCCCCCC(=O)OC(COCCCCCCCCCCCCCCCCCCCCCC)COC1OC(CO)C(O)C(OS(=O)(=O)O)C1O. The molecule has 0 aromatic rings. The molecule has 1 heterocycles. The van der Waals surface area contributed by atoms with E-state index < -0.39 is 59.8 Å². The third kappa shape index (κ3) is 32.2. The summed E-state index contributed by atoms with van der Waals surface area (Å²) in [6.07, 6.45) is 32.5. The lowest BCUT2D eigenvalue weighted by Crippen LogP contribution is -2.60. The summed E-state index contributed by atoms with van der Waals surface area (Å²) >= 11 is 0. The van der Waals surface area contributed by atoms with Crippen LogP contribution in [0.25, 0.3) is 0 Å². The maximum Gasteiger partial charge on any atom is 0.397 e. The molecule has 59 heavy (non-hydrogen) atoms. The van der Waals surface area contributed by atoms with Gasteiger partial charge in [0.25, 0.3) is 0 Å². The summed E-state index contributed by atoms with van der Waals surface area (Å²) in [6.45, 7) is 3.99. The van der Waals surface area contributed by atoms with Crippen molar-refractivity contribution in [3.63, 3.8) is 0 Å². The third-order valence-corrected chi connectivity index (χ3v) is 11.6. The fraction of sp³-hybridized carbons (Fsp3) is 0.935. The Balaban J connectivity index is 2.35. The van der Waals surface area contributed by atoms with Crippen LogP contribution in [-0.2, 0) is 38.3 Å². The van der Waals surface area contributed by atoms with E-state index in [1.165, 1.54) is 128 Å². The van der Waals surface area contributed by atoms with Crippen molar-refractivity contribution in [1.82, 2.24) is 0 Å². The molecule has 6 unspecified atom stereocenters. The first kappa shape index (κ1) is 55.9. The minimum Gasteiger partial charge on any atom is -0.457 e. The van der Waals surface area contributed by atoms with E-state index in [-0.39, 0.29) is 19.6 Å². The highest BCUT2D eigenvalue weighted by atomic mass is 32.3. The number of aliphatic hydroxyl groups is 3. The molecule has 1 aliphatic rings. The molecule has 0 aliphatic carbocycles. The number of carbonyl (C=O) groups is 1. The third-order valence-electron chi connectivity index (χ3n) is 11.1. The van der Waals surface area contributed by atoms with Crippen LogP contribution in [-0.4, -0.2) is 97.5 Å². The molecule has 0 aromatic carbocycles. The maximum atomic E-state index is 12.8. The molecule has 0 radical (unpaired) electrons. The van der Waals surface area contributed by atoms with Gasteiger partial charge in [0.15, 0.2) is 6.29 Å². The van der Waals surface area contributed by atoms with Gasteiger partial charge in [0.1, 0.15) is 30.5 Å². The van der Waals surface area contributed by atoms with Gasteiger partial charge in [0.2, 0.25) is 0 Å². The predicted octanol–water partition coefficient (Wildman–Crippen LogP) is 10.2. The summed E-state index contributed by atoms with van der Waals surface area (Å²) in [6, 6.07) is 0. The zero-order valence-corrected chi connectivity index (χ0v) is 38.1. The summed E-state index contributed by atoms with van der Waals surface area (Å²) in [5, 5.41) is 30.7. The first-order valence-electron chi connectivity index (χ1n) is 23.9. The van der Waals surface area contributed by atoms with E-state index in [4.69, 9.17) is 23.5 Å². The van der Waals surface area contributed by atoms with Crippen molar-refractivity contribution in [3.8, 4) is 0 Å². The van der Waals surface area contributed by atoms with Crippen molar-refractivity contribution >= 4 is 16.4 Å². The number of esters is 1. The highest BCUT2D eigenvalue weighted by molar-refractivity contribution is 7.80. The number of ether oxygens (including phenoxy) is 4. The Morgan fingerprint density at radius 3 is 1.56 bits per heavy atom. The molecule has 0 spiro atoms. The summed E-state index contributed by atoms with van der Waals surface area (Å²) < 4.78 is 59.1. The van der Waals surface area contributed by atoms with E-state index in [0.29, 0.717) is 13.0 Å². The van der Waals surface area contributed by atoms with Crippen LogP contribution in [0.4, 0.5) is 0 Å². The Labute approximate surface area is 359 Å². The Hall–Kier alpha value is -1.16. The molecule has 350 valence electrons. The van der Waals surface area contributed by atoms with E-state index in [1.807, 2.05) is 0 Å².